The van der Waals surface area contributed by atoms with Crippen molar-refractivity contribution in [1.82, 2.24) is 10.6 Å². The molecule has 0 aliphatic carbocycles. The minimum Gasteiger partial charge on any atom is -0.352 e. The third kappa shape index (κ3) is 4.38. The molecular formula is C12H15N3O4. The van der Waals surface area contributed by atoms with Gasteiger partial charge in [0.05, 0.1) is 11.5 Å². The van der Waals surface area contributed by atoms with Gasteiger partial charge in [-0.2, -0.15) is 0 Å². The minimum absolute atomic E-state index is 0.0320. The number of para-hydroxylation sites is 1. The van der Waals surface area contributed by atoms with Crippen LogP contribution in [0.3, 0.4) is 0 Å². The predicted octanol–water partition coefficient (Wildman–Crippen LogP) is 0.849. The van der Waals surface area contributed by atoms with E-state index in [1.165, 1.54) is 24.3 Å². The molecule has 1 aromatic carbocycles. The Labute approximate surface area is 110 Å². The van der Waals surface area contributed by atoms with Crippen molar-refractivity contribution in [2.75, 3.05) is 6.54 Å². The molecule has 0 radical (unpaired) electrons. The van der Waals surface area contributed by atoms with E-state index >= 15 is 0 Å². The van der Waals surface area contributed by atoms with Gasteiger partial charge >= 0.3 is 0 Å². The zero-order chi connectivity index (χ0) is 14.4. The number of nitro groups is 1. The lowest BCUT2D eigenvalue weighted by Gasteiger charge is -2.09. The van der Waals surface area contributed by atoms with E-state index in [2.05, 4.69) is 10.6 Å². The molecule has 0 saturated heterocycles. The Morgan fingerprint density at radius 2 is 1.95 bits per heavy atom. The lowest BCUT2D eigenvalue weighted by Crippen LogP contribution is -2.39. The quantitative estimate of drug-likeness (QED) is 0.608. The molecule has 7 heteroatoms. The fourth-order valence-corrected chi connectivity index (χ4v) is 1.45. The number of nitro benzene ring substituents is 1. The summed E-state index contributed by atoms with van der Waals surface area (Å²) < 4.78 is 0. The van der Waals surface area contributed by atoms with E-state index in [-0.39, 0.29) is 29.7 Å². The summed E-state index contributed by atoms with van der Waals surface area (Å²) in [5, 5.41) is 15.7. The van der Waals surface area contributed by atoms with Gasteiger partial charge in [0.2, 0.25) is 5.91 Å². The van der Waals surface area contributed by atoms with Gasteiger partial charge in [0.1, 0.15) is 5.56 Å². The van der Waals surface area contributed by atoms with Crippen molar-refractivity contribution >= 4 is 17.5 Å². The number of carbonyl (C=O) groups excluding carboxylic acids is 2. The molecule has 0 aliphatic rings. The highest BCUT2D eigenvalue weighted by atomic mass is 16.6. The molecule has 0 saturated carbocycles. The zero-order valence-corrected chi connectivity index (χ0v) is 10.7. The van der Waals surface area contributed by atoms with E-state index in [0.29, 0.717) is 0 Å². The molecule has 2 amide bonds. The molecular weight excluding hydrogens is 250 g/mol. The van der Waals surface area contributed by atoms with Crippen LogP contribution in [0.2, 0.25) is 0 Å². The van der Waals surface area contributed by atoms with Crippen molar-refractivity contribution in [3.05, 3.63) is 39.9 Å². The largest absolute Gasteiger partial charge is 0.352 e. The molecule has 0 aromatic heterocycles. The van der Waals surface area contributed by atoms with Crippen LogP contribution in [-0.2, 0) is 4.79 Å². The van der Waals surface area contributed by atoms with E-state index in [4.69, 9.17) is 0 Å². The minimum atomic E-state index is -0.647. The molecule has 102 valence electrons. The first-order valence-corrected chi connectivity index (χ1v) is 5.72. The van der Waals surface area contributed by atoms with Crippen LogP contribution >= 0.6 is 0 Å². The first kappa shape index (κ1) is 14.6. The third-order valence-electron chi connectivity index (χ3n) is 2.20. The maximum atomic E-state index is 11.8. The summed E-state index contributed by atoms with van der Waals surface area (Å²) in [6, 6.07) is 5.54. The van der Waals surface area contributed by atoms with E-state index < -0.39 is 10.8 Å². The normalized spacial score (nSPS) is 10.1. The topological polar surface area (TPSA) is 101 Å². The van der Waals surface area contributed by atoms with Crippen LogP contribution in [-0.4, -0.2) is 29.3 Å². The molecule has 0 unspecified atom stereocenters. The Kier molecular flexibility index (Phi) is 4.99. The Bertz CT molecular complexity index is 500. The van der Waals surface area contributed by atoms with E-state index in [0.717, 1.165) is 0 Å². The number of nitrogens with zero attached hydrogens (tertiary/aromatic N) is 1. The third-order valence-corrected chi connectivity index (χ3v) is 2.20. The Morgan fingerprint density at radius 3 is 2.53 bits per heavy atom. The first-order valence-electron chi connectivity index (χ1n) is 5.72. The van der Waals surface area contributed by atoms with Crippen LogP contribution in [0.5, 0.6) is 0 Å². The fraction of sp³-hybridized carbons (Fsp3) is 0.333. The van der Waals surface area contributed by atoms with Crippen LogP contribution in [0.1, 0.15) is 24.2 Å². The number of rotatable bonds is 5. The van der Waals surface area contributed by atoms with E-state index in [9.17, 15) is 19.7 Å². The van der Waals surface area contributed by atoms with Gasteiger partial charge in [0.15, 0.2) is 0 Å². The van der Waals surface area contributed by atoms with Gasteiger partial charge in [-0.3, -0.25) is 19.7 Å². The SMILES string of the molecule is CC(C)NC(=O)CNC(=O)c1ccccc1[N+](=O)[O-]. The fourth-order valence-electron chi connectivity index (χ4n) is 1.45. The summed E-state index contributed by atoms with van der Waals surface area (Å²) in [4.78, 5) is 33.2. The van der Waals surface area contributed by atoms with Gasteiger partial charge < -0.3 is 10.6 Å². The monoisotopic (exact) mass is 265 g/mol. The summed E-state index contributed by atoms with van der Waals surface area (Å²) in [6.45, 7) is 3.37. The van der Waals surface area contributed by atoms with Crippen LogP contribution in [0.15, 0.2) is 24.3 Å². The highest BCUT2D eigenvalue weighted by Gasteiger charge is 2.19. The van der Waals surface area contributed by atoms with Gasteiger partial charge in [0.25, 0.3) is 11.6 Å². The second kappa shape index (κ2) is 6.48. The summed E-state index contributed by atoms with van der Waals surface area (Å²) >= 11 is 0. The Morgan fingerprint density at radius 1 is 1.32 bits per heavy atom. The number of hydrogen-bond acceptors (Lipinski definition) is 4. The summed E-state index contributed by atoms with van der Waals surface area (Å²) in [6.07, 6.45) is 0. The van der Waals surface area contributed by atoms with Crippen molar-refractivity contribution < 1.29 is 14.5 Å². The van der Waals surface area contributed by atoms with Gasteiger partial charge in [-0.15, -0.1) is 0 Å². The summed E-state index contributed by atoms with van der Waals surface area (Å²) in [5.41, 5.74) is -0.353. The smallest absolute Gasteiger partial charge is 0.282 e. The Balaban J connectivity index is 2.69. The summed E-state index contributed by atoms with van der Waals surface area (Å²) in [5.74, 6) is -0.992. The number of amides is 2. The first-order chi connectivity index (χ1) is 8.91. The molecule has 2 N–H and O–H groups in total. The molecule has 0 atom stereocenters. The van der Waals surface area contributed by atoms with Crippen LogP contribution in [0.25, 0.3) is 0 Å². The predicted molar refractivity (Wildman–Crippen MR) is 68.7 cm³/mol. The average Bonchev–Trinajstić information content (AvgIpc) is 2.35. The van der Waals surface area contributed by atoms with Crippen molar-refractivity contribution in [1.29, 1.82) is 0 Å². The molecule has 0 bridgehead atoms. The lowest BCUT2D eigenvalue weighted by molar-refractivity contribution is -0.385. The van der Waals surface area contributed by atoms with E-state index in [1.807, 2.05) is 0 Å². The number of nitrogens with one attached hydrogen (secondary N) is 2. The van der Waals surface area contributed by atoms with Gasteiger partial charge in [-0.1, -0.05) is 12.1 Å². The second-order valence-corrected chi connectivity index (χ2v) is 4.18. The maximum Gasteiger partial charge on any atom is 0.282 e. The molecule has 7 nitrogen and oxygen atoms in total. The van der Waals surface area contributed by atoms with Crippen molar-refractivity contribution in [3.8, 4) is 0 Å². The van der Waals surface area contributed by atoms with Crippen LogP contribution in [0, 0.1) is 10.1 Å². The number of benzene rings is 1. The molecule has 0 fully saturated rings. The van der Waals surface area contributed by atoms with Crippen molar-refractivity contribution in [2.24, 2.45) is 0 Å². The van der Waals surface area contributed by atoms with Gasteiger partial charge in [-0.05, 0) is 19.9 Å². The van der Waals surface area contributed by atoms with Crippen LogP contribution < -0.4 is 10.6 Å². The second-order valence-electron chi connectivity index (χ2n) is 4.18. The van der Waals surface area contributed by atoms with Gasteiger partial charge in [-0.25, -0.2) is 0 Å². The molecule has 0 aliphatic heterocycles. The molecule has 19 heavy (non-hydrogen) atoms. The molecule has 0 heterocycles. The lowest BCUT2D eigenvalue weighted by atomic mass is 10.1. The highest BCUT2D eigenvalue weighted by Crippen LogP contribution is 2.16. The average molecular weight is 265 g/mol. The summed E-state index contributed by atoms with van der Waals surface area (Å²) in [7, 11) is 0. The van der Waals surface area contributed by atoms with E-state index in [1.54, 1.807) is 13.8 Å². The van der Waals surface area contributed by atoms with Crippen molar-refractivity contribution in [2.45, 2.75) is 19.9 Å². The number of carbonyl (C=O) groups is 2. The maximum absolute atomic E-state index is 11.8. The van der Waals surface area contributed by atoms with Crippen molar-refractivity contribution in [3.63, 3.8) is 0 Å². The molecule has 1 aromatic rings. The molecule has 1 rings (SSSR count). The number of hydrogen-bond donors (Lipinski definition) is 2. The zero-order valence-electron chi connectivity index (χ0n) is 10.7. The standard InChI is InChI=1S/C12H15N3O4/c1-8(2)14-11(16)7-13-12(17)9-5-3-4-6-10(9)15(18)19/h3-6,8H,7H2,1-2H3,(H,13,17)(H,14,16). The highest BCUT2D eigenvalue weighted by molar-refractivity contribution is 5.99. The van der Waals surface area contributed by atoms with Gasteiger partial charge in [0, 0.05) is 12.1 Å². The Hall–Kier alpha value is -2.44. The molecule has 0 spiro atoms. The van der Waals surface area contributed by atoms with Crippen LogP contribution in [0.4, 0.5) is 5.69 Å².